The fourth-order valence-corrected chi connectivity index (χ4v) is 4.47. The Hall–Kier alpha value is -3.21. The van der Waals surface area contributed by atoms with Crippen molar-refractivity contribution >= 4 is 51.9 Å². The maximum atomic E-state index is 12.8. The first kappa shape index (κ1) is 23.5. The number of carbonyl (C=O) groups is 2. The van der Waals surface area contributed by atoms with E-state index in [2.05, 4.69) is 6.07 Å². The van der Waals surface area contributed by atoms with Gasteiger partial charge in [0.15, 0.2) is 0 Å². The van der Waals surface area contributed by atoms with Crippen molar-refractivity contribution in [2.45, 2.75) is 19.3 Å². The summed E-state index contributed by atoms with van der Waals surface area (Å²) in [5.41, 5.74) is 1.82. The number of hydrogen-bond donors (Lipinski definition) is 0. The second kappa shape index (κ2) is 12.0. The lowest BCUT2D eigenvalue weighted by Crippen LogP contribution is -2.33. The van der Waals surface area contributed by atoms with Crippen LogP contribution in [0, 0.1) is 11.3 Å². The summed E-state index contributed by atoms with van der Waals surface area (Å²) in [4.78, 5) is 29.3. The van der Waals surface area contributed by atoms with Crippen molar-refractivity contribution in [3.63, 3.8) is 0 Å². The third-order valence-corrected chi connectivity index (χ3v) is 6.19. The number of hydrogen-bond acceptors (Lipinski definition) is 5. The van der Waals surface area contributed by atoms with Gasteiger partial charge in [-0.1, -0.05) is 84.7 Å². The van der Waals surface area contributed by atoms with E-state index in [0.717, 1.165) is 11.3 Å². The van der Waals surface area contributed by atoms with Gasteiger partial charge in [0.05, 0.1) is 17.4 Å². The van der Waals surface area contributed by atoms with Crippen LogP contribution >= 0.6 is 24.0 Å². The number of nitriles is 1. The minimum atomic E-state index is -0.130. The van der Waals surface area contributed by atoms with E-state index in [1.165, 1.54) is 11.8 Å². The van der Waals surface area contributed by atoms with Gasteiger partial charge in [-0.2, -0.15) is 5.26 Å². The topological polar surface area (TPSA) is 64.4 Å². The van der Waals surface area contributed by atoms with E-state index in [0.29, 0.717) is 28.7 Å². The average molecular weight is 462 g/mol. The van der Waals surface area contributed by atoms with Gasteiger partial charge in [0, 0.05) is 25.2 Å². The van der Waals surface area contributed by atoms with Gasteiger partial charge in [-0.3, -0.25) is 14.5 Å². The molecule has 0 atom stereocenters. The highest BCUT2D eigenvalue weighted by molar-refractivity contribution is 8.26. The molecule has 2 aromatic carbocycles. The highest BCUT2D eigenvalue weighted by atomic mass is 32.2. The first-order valence-corrected chi connectivity index (χ1v) is 11.5. The highest BCUT2D eigenvalue weighted by Crippen LogP contribution is 2.31. The van der Waals surface area contributed by atoms with Crippen LogP contribution in [0.25, 0.3) is 6.08 Å². The molecule has 0 radical (unpaired) electrons. The molecule has 1 aliphatic heterocycles. The van der Waals surface area contributed by atoms with Crippen molar-refractivity contribution in [3.05, 3.63) is 83.3 Å². The van der Waals surface area contributed by atoms with E-state index >= 15 is 0 Å². The molecular weight excluding hydrogens is 438 g/mol. The predicted octanol–water partition coefficient (Wildman–Crippen LogP) is 5.17. The summed E-state index contributed by atoms with van der Waals surface area (Å²) in [6.07, 6.45) is 6.58. The van der Waals surface area contributed by atoms with Gasteiger partial charge in [-0.05, 0) is 30.2 Å². The summed E-state index contributed by atoms with van der Waals surface area (Å²) < 4.78 is 0.506. The van der Waals surface area contributed by atoms with Crippen LogP contribution in [0.15, 0.2) is 77.7 Å². The van der Waals surface area contributed by atoms with Crippen molar-refractivity contribution in [3.8, 4) is 6.07 Å². The Labute approximate surface area is 198 Å². The number of thiocarbonyl (C=S) groups is 1. The van der Waals surface area contributed by atoms with E-state index < -0.39 is 0 Å². The molecule has 7 heteroatoms. The number of anilines is 1. The Morgan fingerprint density at radius 2 is 1.81 bits per heavy atom. The lowest BCUT2D eigenvalue weighted by Gasteiger charge is -2.22. The van der Waals surface area contributed by atoms with E-state index in [4.69, 9.17) is 17.5 Å². The van der Waals surface area contributed by atoms with Crippen molar-refractivity contribution in [2.75, 3.05) is 18.0 Å². The number of thioether (sulfide) groups is 1. The van der Waals surface area contributed by atoms with Gasteiger partial charge in [0.1, 0.15) is 4.32 Å². The zero-order valence-electron chi connectivity index (χ0n) is 17.5. The Morgan fingerprint density at radius 1 is 1.12 bits per heavy atom. The summed E-state index contributed by atoms with van der Waals surface area (Å²) in [6, 6.07) is 21.2. The fourth-order valence-electron chi connectivity index (χ4n) is 3.21. The van der Waals surface area contributed by atoms with Crippen LogP contribution in [0.3, 0.4) is 0 Å². The Kier molecular flexibility index (Phi) is 8.79. The minimum absolute atomic E-state index is 0.0711. The lowest BCUT2D eigenvalue weighted by molar-refractivity contribution is -0.123. The maximum Gasteiger partial charge on any atom is 0.266 e. The van der Waals surface area contributed by atoms with Gasteiger partial charge in [0.2, 0.25) is 5.91 Å². The van der Waals surface area contributed by atoms with Crippen molar-refractivity contribution in [1.29, 1.82) is 5.26 Å². The molecule has 0 N–H and O–H groups in total. The third-order valence-electron chi connectivity index (χ3n) is 4.80. The molecule has 32 heavy (non-hydrogen) atoms. The van der Waals surface area contributed by atoms with Crippen LogP contribution < -0.4 is 4.90 Å². The molecule has 0 bridgehead atoms. The molecule has 1 fully saturated rings. The van der Waals surface area contributed by atoms with Gasteiger partial charge in [-0.25, -0.2) is 0 Å². The largest absolute Gasteiger partial charge is 0.311 e. The Morgan fingerprint density at radius 3 is 2.50 bits per heavy atom. The average Bonchev–Trinajstić information content (AvgIpc) is 3.08. The lowest BCUT2D eigenvalue weighted by atomic mass is 10.2. The molecule has 0 saturated carbocycles. The minimum Gasteiger partial charge on any atom is -0.311 e. The SMILES string of the molecule is N#CCCN(C(=O)CCCN1C(=O)/C(=C/C=C/c2ccccc2)SC1=S)c1ccccc1. The summed E-state index contributed by atoms with van der Waals surface area (Å²) >= 11 is 6.65. The molecule has 1 saturated heterocycles. The van der Waals surface area contributed by atoms with Gasteiger partial charge >= 0.3 is 0 Å². The van der Waals surface area contributed by atoms with Crippen molar-refractivity contribution in [2.24, 2.45) is 0 Å². The molecule has 1 aliphatic rings. The number of amides is 2. The van der Waals surface area contributed by atoms with Gasteiger partial charge in [-0.15, -0.1) is 0 Å². The summed E-state index contributed by atoms with van der Waals surface area (Å²) in [5.74, 6) is -0.201. The molecular formula is C25H23N3O2S2. The van der Waals surface area contributed by atoms with Gasteiger partial charge < -0.3 is 4.90 Å². The van der Waals surface area contributed by atoms with Crippen LogP contribution in [0.4, 0.5) is 5.69 Å². The number of benzene rings is 2. The summed E-state index contributed by atoms with van der Waals surface area (Å²) in [7, 11) is 0. The number of nitrogens with zero attached hydrogens (tertiary/aromatic N) is 3. The molecule has 162 valence electrons. The first-order valence-electron chi connectivity index (χ1n) is 10.3. The van der Waals surface area contributed by atoms with Crippen LogP contribution in [0.5, 0.6) is 0 Å². The zero-order valence-corrected chi connectivity index (χ0v) is 19.1. The van der Waals surface area contributed by atoms with Gasteiger partial charge in [0.25, 0.3) is 5.91 Å². The normalized spacial score (nSPS) is 14.8. The molecule has 2 aromatic rings. The Bertz CT molecular complexity index is 1060. The molecule has 3 rings (SSSR count). The van der Waals surface area contributed by atoms with Crippen LogP contribution in [0.1, 0.15) is 24.8 Å². The third kappa shape index (κ3) is 6.39. The highest BCUT2D eigenvalue weighted by Gasteiger charge is 2.31. The summed E-state index contributed by atoms with van der Waals surface area (Å²) in [5, 5.41) is 8.91. The van der Waals surface area contributed by atoms with E-state index in [1.807, 2.05) is 72.8 Å². The standard InChI is InChI=1S/C25H23N3O2S2/c26-17-9-19-27(21-13-5-2-6-14-21)23(29)16-8-18-28-24(30)22(32-25(28)31)15-7-12-20-10-3-1-4-11-20/h1-7,10-15H,8-9,16,18-19H2/b12-7+,22-15-. The molecule has 0 aliphatic carbocycles. The van der Waals surface area contributed by atoms with Crippen LogP contribution in [-0.4, -0.2) is 34.1 Å². The smallest absolute Gasteiger partial charge is 0.266 e. The van der Waals surface area contributed by atoms with E-state index in [1.54, 1.807) is 15.9 Å². The second-order valence-corrected chi connectivity index (χ2v) is 8.69. The molecule has 2 amide bonds. The summed E-state index contributed by atoms with van der Waals surface area (Å²) in [6.45, 7) is 0.730. The fraction of sp³-hybridized carbons (Fsp3) is 0.200. The number of para-hydroxylation sites is 1. The molecule has 0 aromatic heterocycles. The second-order valence-electron chi connectivity index (χ2n) is 7.02. The molecule has 1 heterocycles. The Balaban J connectivity index is 1.55. The van der Waals surface area contributed by atoms with Crippen molar-refractivity contribution in [1.82, 2.24) is 4.90 Å². The van der Waals surface area contributed by atoms with Crippen LogP contribution in [0.2, 0.25) is 0 Å². The number of carbonyl (C=O) groups excluding carboxylic acids is 2. The number of allylic oxidation sites excluding steroid dienone is 2. The van der Waals surface area contributed by atoms with Crippen molar-refractivity contribution < 1.29 is 9.59 Å². The molecule has 0 spiro atoms. The predicted molar refractivity (Wildman–Crippen MR) is 134 cm³/mol. The number of rotatable bonds is 9. The zero-order chi connectivity index (χ0) is 22.8. The first-order chi connectivity index (χ1) is 15.6. The quantitative estimate of drug-likeness (QED) is 0.381. The molecule has 0 unspecified atom stereocenters. The molecule has 5 nitrogen and oxygen atoms in total. The maximum absolute atomic E-state index is 12.8. The van der Waals surface area contributed by atoms with E-state index in [-0.39, 0.29) is 24.7 Å². The van der Waals surface area contributed by atoms with E-state index in [9.17, 15) is 9.59 Å². The monoisotopic (exact) mass is 461 g/mol. The van der Waals surface area contributed by atoms with Crippen LogP contribution in [-0.2, 0) is 9.59 Å².